The van der Waals surface area contributed by atoms with Crippen LogP contribution < -0.4 is 5.32 Å². The van der Waals surface area contributed by atoms with Gasteiger partial charge in [0.15, 0.2) is 0 Å². The predicted molar refractivity (Wildman–Crippen MR) is 73.6 cm³/mol. The van der Waals surface area contributed by atoms with Crippen LogP contribution in [0.5, 0.6) is 0 Å². The Morgan fingerprint density at radius 1 is 1.17 bits per heavy atom. The van der Waals surface area contributed by atoms with Crippen molar-refractivity contribution in [3.63, 3.8) is 0 Å². The molecule has 0 fully saturated rings. The van der Waals surface area contributed by atoms with Crippen LogP contribution in [0.25, 0.3) is 0 Å². The van der Waals surface area contributed by atoms with Crippen LogP contribution in [-0.4, -0.2) is 16.1 Å². The summed E-state index contributed by atoms with van der Waals surface area (Å²) in [5.41, 5.74) is 2.64. The Balaban J connectivity index is 2.21. The number of aryl methyl sites for hydroxylation is 2. The van der Waals surface area contributed by atoms with E-state index < -0.39 is 0 Å². The molecule has 92 valence electrons. The lowest BCUT2D eigenvalue weighted by Gasteiger charge is -2.07. The maximum Gasteiger partial charge on any atom is 0.257 e. The zero-order valence-corrected chi connectivity index (χ0v) is 11.7. The van der Waals surface area contributed by atoms with E-state index >= 15 is 0 Å². The summed E-state index contributed by atoms with van der Waals surface area (Å²) in [5.74, 6) is -0.173. The maximum absolute atomic E-state index is 12.1. The number of carbonyl (C=O) groups is 1. The largest absolute Gasteiger partial charge is 0.322 e. The molecule has 0 aliphatic carbocycles. The van der Waals surface area contributed by atoms with Crippen LogP contribution >= 0.6 is 15.9 Å². The van der Waals surface area contributed by atoms with Gasteiger partial charge in [-0.1, -0.05) is 15.9 Å². The quantitative estimate of drug-likeness (QED) is 0.927. The predicted octanol–water partition coefficient (Wildman–Crippen LogP) is 3.11. The number of aromatic nitrogens is 2. The summed E-state index contributed by atoms with van der Waals surface area (Å²) >= 11 is 3.35. The van der Waals surface area contributed by atoms with Gasteiger partial charge in [-0.2, -0.15) is 10.2 Å². The van der Waals surface area contributed by atoms with Crippen molar-refractivity contribution in [2.75, 3.05) is 5.32 Å². The van der Waals surface area contributed by atoms with E-state index in [9.17, 15) is 4.79 Å². The lowest BCUT2D eigenvalue weighted by atomic mass is 10.2. The molecule has 1 aromatic heterocycles. The number of carbonyl (C=O) groups excluding carboxylic acids is 1. The summed E-state index contributed by atoms with van der Waals surface area (Å²) in [6, 6.07) is 9.14. The molecular weight excluding hydrogens is 294 g/mol. The van der Waals surface area contributed by atoms with Crippen molar-refractivity contribution in [3.8, 4) is 0 Å². The van der Waals surface area contributed by atoms with E-state index in [0.717, 1.165) is 15.9 Å². The fourth-order valence-corrected chi connectivity index (χ4v) is 1.78. The number of hydrogen-bond acceptors (Lipinski definition) is 3. The average molecular weight is 306 g/mol. The van der Waals surface area contributed by atoms with Gasteiger partial charge in [0, 0.05) is 10.2 Å². The number of nitrogens with one attached hydrogen (secondary N) is 1. The van der Waals surface area contributed by atoms with Crippen LogP contribution in [0.3, 0.4) is 0 Å². The van der Waals surface area contributed by atoms with Crippen LogP contribution in [0, 0.1) is 13.8 Å². The minimum Gasteiger partial charge on any atom is -0.322 e. The molecular formula is C13H12BrN3O. The summed E-state index contributed by atoms with van der Waals surface area (Å²) < 4.78 is 0.970. The van der Waals surface area contributed by atoms with E-state index in [2.05, 4.69) is 31.4 Å². The molecule has 0 aliphatic rings. The standard InChI is InChI=1S/C13H12BrN3O/c1-8-7-12(9(2)17-16-8)13(18)15-11-5-3-10(14)4-6-11/h3-7H,1-2H3,(H,15,18). The van der Waals surface area contributed by atoms with Crippen molar-refractivity contribution < 1.29 is 4.79 Å². The Bertz CT molecular complexity index is 581. The first-order valence-electron chi connectivity index (χ1n) is 5.44. The normalized spacial score (nSPS) is 10.2. The van der Waals surface area contributed by atoms with Gasteiger partial charge >= 0.3 is 0 Å². The number of amides is 1. The zero-order chi connectivity index (χ0) is 13.1. The van der Waals surface area contributed by atoms with Crippen molar-refractivity contribution >= 4 is 27.5 Å². The molecule has 0 spiro atoms. The molecule has 0 unspecified atom stereocenters. The highest BCUT2D eigenvalue weighted by Crippen LogP contribution is 2.15. The molecule has 0 saturated heterocycles. The van der Waals surface area contributed by atoms with Gasteiger partial charge in [-0.3, -0.25) is 4.79 Å². The van der Waals surface area contributed by atoms with Gasteiger partial charge in [0.1, 0.15) is 0 Å². The number of nitrogens with zero attached hydrogens (tertiary/aromatic N) is 2. The van der Waals surface area contributed by atoms with Crippen LogP contribution in [0.1, 0.15) is 21.7 Å². The Hall–Kier alpha value is -1.75. The Labute approximate surface area is 114 Å². The first-order valence-corrected chi connectivity index (χ1v) is 6.23. The minimum absolute atomic E-state index is 0.173. The number of halogens is 1. The van der Waals surface area contributed by atoms with Gasteiger partial charge in [-0.25, -0.2) is 0 Å². The maximum atomic E-state index is 12.1. The second-order valence-electron chi connectivity index (χ2n) is 3.95. The molecule has 0 bridgehead atoms. The van der Waals surface area contributed by atoms with E-state index in [-0.39, 0.29) is 5.91 Å². The summed E-state index contributed by atoms with van der Waals surface area (Å²) in [4.78, 5) is 12.1. The average Bonchev–Trinajstić information content (AvgIpc) is 2.35. The first kappa shape index (κ1) is 12.7. The number of benzene rings is 1. The molecule has 1 aromatic carbocycles. The molecule has 1 amide bonds. The van der Waals surface area contributed by atoms with Crippen molar-refractivity contribution in [3.05, 3.63) is 51.8 Å². The van der Waals surface area contributed by atoms with Crippen LogP contribution in [0.15, 0.2) is 34.8 Å². The molecule has 4 nitrogen and oxygen atoms in total. The SMILES string of the molecule is Cc1cc(C(=O)Nc2ccc(Br)cc2)c(C)nn1. The fraction of sp³-hybridized carbons (Fsp3) is 0.154. The van der Waals surface area contributed by atoms with Gasteiger partial charge in [0.05, 0.1) is 17.0 Å². The first-order chi connectivity index (χ1) is 8.56. The minimum atomic E-state index is -0.173. The molecule has 0 aliphatic heterocycles. The molecule has 0 saturated carbocycles. The van der Waals surface area contributed by atoms with Gasteiger partial charge in [-0.15, -0.1) is 0 Å². The van der Waals surface area contributed by atoms with Crippen molar-refractivity contribution in [2.45, 2.75) is 13.8 Å². The van der Waals surface area contributed by atoms with Gasteiger partial charge in [-0.05, 0) is 44.2 Å². The molecule has 18 heavy (non-hydrogen) atoms. The van der Waals surface area contributed by atoms with E-state index in [4.69, 9.17) is 0 Å². The molecule has 5 heteroatoms. The molecule has 0 radical (unpaired) electrons. The highest BCUT2D eigenvalue weighted by atomic mass is 79.9. The molecule has 2 rings (SSSR count). The number of rotatable bonds is 2. The van der Waals surface area contributed by atoms with E-state index in [1.165, 1.54) is 0 Å². The molecule has 0 atom stereocenters. The Kier molecular flexibility index (Phi) is 3.72. The van der Waals surface area contributed by atoms with Crippen LogP contribution in [0.2, 0.25) is 0 Å². The zero-order valence-electron chi connectivity index (χ0n) is 10.1. The summed E-state index contributed by atoms with van der Waals surface area (Å²) in [6.45, 7) is 3.58. The topological polar surface area (TPSA) is 54.9 Å². The summed E-state index contributed by atoms with van der Waals surface area (Å²) in [6.07, 6.45) is 0. The van der Waals surface area contributed by atoms with Gasteiger partial charge in [0.2, 0.25) is 0 Å². The fourth-order valence-electron chi connectivity index (χ4n) is 1.51. The Morgan fingerprint density at radius 3 is 2.50 bits per heavy atom. The number of anilines is 1. The molecule has 1 N–H and O–H groups in total. The monoisotopic (exact) mass is 305 g/mol. The van der Waals surface area contributed by atoms with E-state index in [0.29, 0.717) is 11.3 Å². The molecule has 2 aromatic rings. The van der Waals surface area contributed by atoms with Crippen molar-refractivity contribution in [1.82, 2.24) is 10.2 Å². The van der Waals surface area contributed by atoms with E-state index in [1.54, 1.807) is 13.0 Å². The highest BCUT2D eigenvalue weighted by Gasteiger charge is 2.11. The van der Waals surface area contributed by atoms with Gasteiger partial charge in [0.25, 0.3) is 5.91 Å². The van der Waals surface area contributed by atoms with Gasteiger partial charge < -0.3 is 5.32 Å². The van der Waals surface area contributed by atoms with Crippen molar-refractivity contribution in [1.29, 1.82) is 0 Å². The van der Waals surface area contributed by atoms with Crippen molar-refractivity contribution in [2.24, 2.45) is 0 Å². The lowest BCUT2D eigenvalue weighted by Crippen LogP contribution is -2.15. The van der Waals surface area contributed by atoms with Crippen LogP contribution in [0.4, 0.5) is 5.69 Å². The Morgan fingerprint density at radius 2 is 1.83 bits per heavy atom. The third-order valence-corrected chi connectivity index (χ3v) is 2.98. The van der Waals surface area contributed by atoms with Crippen LogP contribution in [-0.2, 0) is 0 Å². The second-order valence-corrected chi connectivity index (χ2v) is 4.86. The molecule has 1 heterocycles. The van der Waals surface area contributed by atoms with E-state index in [1.807, 2.05) is 31.2 Å². The third-order valence-electron chi connectivity index (χ3n) is 2.45. The second kappa shape index (κ2) is 5.27. The summed E-state index contributed by atoms with van der Waals surface area (Å²) in [5, 5.41) is 10.7. The third kappa shape index (κ3) is 2.92. The smallest absolute Gasteiger partial charge is 0.257 e. The summed E-state index contributed by atoms with van der Waals surface area (Å²) in [7, 11) is 0. The lowest BCUT2D eigenvalue weighted by molar-refractivity contribution is 0.102. The highest BCUT2D eigenvalue weighted by molar-refractivity contribution is 9.10. The number of hydrogen-bond donors (Lipinski definition) is 1.